The lowest BCUT2D eigenvalue weighted by atomic mass is 9.96. The van der Waals surface area contributed by atoms with Gasteiger partial charge in [-0.05, 0) is 26.2 Å². The number of allylic oxidation sites excluding steroid dienone is 1. The van der Waals surface area contributed by atoms with Crippen molar-refractivity contribution in [3.05, 3.63) is 12.7 Å². The molecule has 0 saturated carbocycles. The highest BCUT2D eigenvalue weighted by molar-refractivity contribution is 5.85. The van der Waals surface area contributed by atoms with Gasteiger partial charge in [-0.15, -0.1) is 19.0 Å². The number of hydrogen-bond donors (Lipinski definition) is 2. The first-order chi connectivity index (χ1) is 5.50. The number of hydrogen-bond acceptors (Lipinski definition) is 2. The number of carbonyl (C=O) groups is 1. The summed E-state index contributed by atoms with van der Waals surface area (Å²) >= 11 is 0. The highest BCUT2D eigenvalue weighted by Gasteiger charge is 2.26. The van der Waals surface area contributed by atoms with Gasteiger partial charge in [-0.3, -0.25) is 4.79 Å². The van der Waals surface area contributed by atoms with Crippen LogP contribution in [0.15, 0.2) is 12.7 Å². The molecule has 4 heteroatoms. The third kappa shape index (κ3) is 6.61. The third-order valence-electron chi connectivity index (χ3n) is 1.84. The number of carboxylic acids is 1. The van der Waals surface area contributed by atoms with E-state index in [9.17, 15) is 4.79 Å². The second-order valence-electron chi connectivity index (χ2n) is 3.26. The molecule has 78 valence electrons. The standard InChI is InChI=1S/C9H17NO2.ClH/c1-3-4-5-6-7-9(2,10)8(11)12;/h3H,1,4-7,10H2,2H3,(H,11,12);1H/t9-;/m0./s1. The lowest BCUT2D eigenvalue weighted by Gasteiger charge is -2.18. The van der Waals surface area contributed by atoms with E-state index in [-0.39, 0.29) is 12.4 Å². The second kappa shape index (κ2) is 6.92. The second-order valence-corrected chi connectivity index (χ2v) is 3.26. The first-order valence-electron chi connectivity index (χ1n) is 4.14. The van der Waals surface area contributed by atoms with Crippen LogP contribution in [-0.2, 0) is 4.79 Å². The SMILES string of the molecule is C=CCCCC[C@](C)(N)C(=O)O.Cl. The lowest BCUT2D eigenvalue weighted by Crippen LogP contribution is -2.44. The molecule has 0 bridgehead atoms. The molecular weight excluding hydrogens is 190 g/mol. The van der Waals surface area contributed by atoms with Crippen molar-refractivity contribution in [2.24, 2.45) is 5.73 Å². The first kappa shape index (κ1) is 15.0. The minimum absolute atomic E-state index is 0. The molecule has 3 nitrogen and oxygen atoms in total. The van der Waals surface area contributed by atoms with Gasteiger partial charge in [-0.25, -0.2) is 0 Å². The average Bonchev–Trinajstić information content (AvgIpc) is 1.98. The number of unbranched alkanes of at least 4 members (excludes halogenated alkanes) is 2. The highest BCUT2D eigenvalue weighted by Crippen LogP contribution is 2.11. The minimum atomic E-state index is -1.07. The van der Waals surface area contributed by atoms with Gasteiger partial charge in [0, 0.05) is 0 Å². The van der Waals surface area contributed by atoms with Crippen LogP contribution in [0.2, 0.25) is 0 Å². The van der Waals surface area contributed by atoms with E-state index >= 15 is 0 Å². The summed E-state index contributed by atoms with van der Waals surface area (Å²) in [6.45, 7) is 5.13. The van der Waals surface area contributed by atoms with E-state index in [0.29, 0.717) is 6.42 Å². The Hall–Kier alpha value is -0.540. The fourth-order valence-electron chi connectivity index (χ4n) is 0.888. The first-order valence-corrected chi connectivity index (χ1v) is 4.14. The molecule has 3 N–H and O–H groups in total. The van der Waals surface area contributed by atoms with Gasteiger partial charge in [0.1, 0.15) is 5.54 Å². The largest absolute Gasteiger partial charge is 0.480 e. The van der Waals surface area contributed by atoms with E-state index in [1.54, 1.807) is 6.92 Å². The molecule has 0 amide bonds. The van der Waals surface area contributed by atoms with Gasteiger partial charge >= 0.3 is 5.97 Å². The molecule has 0 saturated heterocycles. The van der Waals surface area contributed by atoms with Crippen molar-refractivity contribution in [3.8, 4) is 0 Å². The van der Waals surface area contributed by atoms with Crippen LogP contribution in [0.4, 0.5) is 0 Å². The van der Waals surface area contributed by atoms with Gasteiger partial charge in [0.2, 0.25) is 0 Å². The van der Waals surface area contributed by atoms with Crippen molar-refractivity contribution in [3.63, 3.8) is 0 Å². The monoisotopic (exact) mass is 207 g/mol. The van der Waals surface area contributed by atoms with Crippen molar-refractivity contribution in [2.75, 3.05) is 0 Å². The van der Waals surface area contributed by atoms with E-state index in [1.807, 2.05) is 6.08 Å². The molecule has 0 aromatic rings. The Morgan fingerprint density at radius 2 is 2.15 bits per heavy atom. The summed E-state index contributed by atoms with van der Waals surface area (Å²) in [7, 11) is 0. The molecule has 0 aliphatic carbocycles. The third-order valence-corrected chi connectivity index (χ3v) is 1.84. The Labute approximate surface area is 85.4 Å². The number of rotatable bonds is 6. The normalized spacial score (nSPS) is 14.0. The fourth-order valence-corrected chi connectivity index (χ4v) is 0.888. The summed E-state index contributed by atoms with van der Waals surface area (Å²) in [6.07, 6.45) is 5.08. The number of carboxylic acid groups (broad SMARTS) is 1. The zero-order chi connectivity index (χ0) is 9.61. The Balaban J connectivity index is 0. The quantitative estimate of drug-likeness (QED) is 0.517. The van der Waals surface area contributed by atoms with Crippen molar-refractivity contribution in [2.45, 2.75) is 38.1 Å². The van der Waals surface area contributed by atoms with Crippen LogP contribution in [-0.4, -0.2) is 16.6 Å². The van der Waals surface area contributed by atoms with E-state index in [1.165, 1.54) is 0 Å². The summed E-state index contributed by atoms with van der Waals surface area (Å²) < 4.78 is 0. The van der Waals surface area contributed by atoms with Crippen LogP contribution in [0.25, 0.3) is 0 Å². The highest BCUT2D eigenvalue weighted by atomic mass is 35.5. The summed E-state index contributed by atoms with van der Waals surface area (Å²) in [5, 5.41) is 8.65. The van der Waals surface area contributed by atoms with Crippen molar-refractivity contribution < 1.29 is 9.90 Å². The van der Waals surface area contributed by atoms with Crippen molar-refractivity contribution in [1.82, 2.24) is 0 Å². The molecule has 13 heavy (non-hydrogen) atoms. The molecular formula is C9H18ClNO2. The van der Waals surface area contributed by atoms with Crippen molar-refractivity contribution >= 4 is 18.4 Å². The van der Waals surface area contributed by atoms with Gasteiger partial charge in [0.25, 0.3) is 0 Å². The zero-order valence-corrected chi connectivity index (χ0v) is 8.77. The maximum absolute atomic E-state index is 10.5. The van der Waals surface area contributed by atoms with Crippen LogP contribution < -0.4 is 5.73 Å². The molecule has 0 heterocycles. The Bertz CT molecular complexity index is 169. The van der Waals surface area contributed by atoms with Gasteiger partial charge in [-0.1, -0.05) is 12.5 Å². The molecule has 0 aliphatic heterocycles. The summed E-state index contributed by atoms with van der Waals surface area (Å²) in [5.74, 6) is -0.930. The van der Waals surface area contributed by atoms with Crippen molar-refractivity contribution in [1.29, 1.82) is 0 Å². The number of aliphatic carboxylic acids is 1. The predicted molar refractivity (Wildman–Crippen MR) is 56.1 cm³/mol. The molecule has 0 spiro atoms. The van der Waals surface area contributed by atoms with Gasteiger partial charge in [-0.2, -0.15) is 0 Å². The van der Waals surface area contributed by atoms with E-state index in [0.717, 1.165) is 19.3 Å². The summed E-state index contributed by atoms with van der Waals surface area (Å²) in [4.78, 5) is 10.5. The number of halogens is 1. The zero-order valence-electron chi connectivity index (χ0n) is 7.95. The molecule has 0 rings (SSSR count). The molecule has 0 aromatic carbocycles. The van der Waals surface area contributed by atoms with E-state index in [4.69, 9.17) is 10.8 Å². The lowest BCUT2D eigenvalue weighted by molar-refractivity contribution is -0.142. The molecule has 0 unspecified atom stereocenters. The van der Waals surface area contributed by atoms with Gasteiger partial charge < -0.3 is 10.8 Å². The Morgan fingerprint density at radius 1 is 1.62 bits per heavy atom. The average molecular weight is 208 g/mol. The topological polar surface area (TPSA) is 63.3 Å². The molecule has 0 aromatic heterocycles. The molecule has 0 fully saturated rings. The minimum Gasteiger partial charge on any atom is -0.480 e. The van der Waals surface area contributed by atoms with Crippen LogP contribution in [0.1, 0.15) is 32.6 Å². The maximum Gasteiger partial charge on any atom is 0.323 e. The van der Waals surface area contributed by atoms with Crippen LogP contribution in [0.5, 0.6) is 0 Å². The Morgan fingerprint density at radius 3 is 2.54 bits per heavy atom. The van der Waals surface area contributed by atoms with Crippen LogP contribution in [0, 0.1) is 0 Å². The fraction of sp³-hybridized carbons (Fsp3) is 0.667. The van der Waals surface area contributed by atoms with E-state index < -0.39 is 11.5 Å². The van der Waals surface area contributed by atoms with Gasteiger partial charge in [0.05, 0.1) is 0 Å². The molecule has 1 atom stereocenters. The molecule has 0 aliphatic rings. The smallest absolute Gasteiger partial charge is 0.323 e. The van der Waals surface area contributed by atoms with Crippen LogP contribution in [0.3, 0.4) is 0 Å². The summed E-state index contributed by atoms with van der Waals surface area (Å²) in [6, 6.07) is 0. The van der Waals surface area contributed by atoms with Gasteiger partial charge in [0.15, 0.2) is 0 Å². The van der Waals surface area contributed by atoms with E-state index in [2.05, 4.69) is 6.58 Å². The van der Waals surface area contributed by atoms with Crippen LogP contribution >= 0.6 is 12.4 Å². The Kier molecular flexibility index (Phi) is 7.96. The number of nitrogens with two attached hydrogens (primary N) is 1. The maximum atomic E-state index is 10.5. The molecule has 0 radical (unpaired) electrons. The summed E-state index contributed by atoms with van der Waals surface area (Å²) in [5.41, 5.74) is 4.45. The predicted octanol–water partition coefficient (Wildman–Crippen LogP) is 1.96.